The maximum Gasteiger partial charge on any atom is 0.0470 e. The quantitative estimate of drug-likeness (QED) is 0.825. The predicted molar refractivity (Wildman–Crippen MR) is 70.9 cm³/mol. The van der Waals surface area contributed by atoms with Gasteiger partial charge in [0, 0.05) is 33.5 Å². The number of hydrogen-bond acceptors (Lipinski definition) is 1. The summed E-state index contributed by atoms with van der Waals surface area (Å²) in [6.07, 6.45) is 3.55. The molecule has 1 heterocycles. The molecule has 0 saturated heterocycles. The number of rotatable bonds is 1. The molecular weight excluding hydrogens is 264 g/mol. The van der Waals surface area contributed by atoms with Crippen LogP contribution < -0.4 is 5.32 Å². The molecule has 2 nitrogen and oxygen atoms in total. The number of likely N-dealkylation sites (N-methyl/N-ethyl adjacent to an activating group) is 1. The Morgan fingerprint density at radius 2 is 2.31 bits per heavy atom. The molecule has 16 heavy (non-hydrogen) atoms. The maximum atomic E-state index is 3.55. The molecule has 2 N–H and O–H groups in total. The van der Waals surface area contributed by atoms with Crippen molar-refractivity contribution in [2.45, 2.75) is 25.3 Å². The maximum absolute atomic E-state index is 3.55. The van der Waals surface area contributed by atoms with E-state index in [-0.39, 0.29) is 0 Å². The van der Waals surface area contributed by atoms with Crippen LogP contribution in [0.15, 0.2) is 22.7 Å². The van der Waals surface area contributed by atoms with Gasteiger partial charge in [0.15, 0.2) is 0 Å². The molecule has 1 atom stereocenters. The molecule has 0 amide bonds. The van der Waals surface area contributed by atoms with Gasteiger partial charge in [-0.3, -0.25) is 0 Å². The van der Waals surface area contributed by atoms with Gasteiger partial charge in [0.1, 0.15) is 0 Å². The first-order chi connectivity index (χ1) is 7.78. The van der Waals surface area contributed by atoms with Crippen molar-refractivity contribution in [3.8, 4) is 0 Å². The lowest BCUT2D eigenvalue weighted by atomic mass is 9.92. The van der Waals surface area contributed by atoms with Gasteiger partial charge in [0.2, 0.25) is 0 Å². The van der Waals surface area contributed by atoms with Gasteiger partial charge in [-0.1, -0.05) is 22.0 Å². The highest BCUT2D eigenvalue weighted by Crippen LogP contribution is 2.30. The molecule has 1 aliphatic carbocycles. The fourth-order valence-corrected chi connectivity index (χ4v) is 3.02. The van der Waals surface area contributed by atoms with Crippen molar-refractivity contribution in [2.24, 2.45) is 0 Å². The SMILES string of the molecule is CNC1CCc2c([nH]c3cc(Br)ccc23)C1. The van der Waals surface area contributed by atoms with E-state index < -0.39 is 0 Å². The number of aryl methyl sites for hydroxylation is 1. The lowest BCUT2D eigenvalue weighted by Crippen LogP contribution is -2.31. The van der Waals surface area contributed by atoms with Gasteiger partial charge in [0.25, 0.3) is 0 Å². The van der Waals surface area contributed by atoms with Gasteiger partial charge in [-0.2, -0.15) is 0 Å². The molecule has 1 aromatic heterocycles. The van der Waals surface area contributed by atoms with Crippen LogP contribution in [0, 0.1) is 0 Å². The second-order valence-electron chi connectivity index (χ2n) is 4.50. The number of aromatic amines is 1. The largest absolute Gasteiger partial charge is 0.358 e. The molecule has 0 radical (unpaired) electrons. The van der Waals surface area contributed by atoms with Crippen molar-refractivity contribution in [1.82, 2.24) is 10.3 Å². The summed E-state index contributed by atoms with van der Waals surface area (Å²) in [6.45, 7) is 0. The zero-order chi connectivity index (χ0) is 11.1. The summed E-state index contributed by atoms with van der Waals surface area (Å²) in [5, 5.41) is 4.77. The second kappa shape index (κ2) is 3.90. The molecule has 1 aliphatic rings. The fourth-order valence-electron chi connectivity index (χ4n) is 2.66. The topological polar surface area (TPSA) is 27.8 Å². The minimum Gasteiger partial charge on any atom is -0.358 e. The molecule has 0 bridgehead atoms. The summed E-state index contributed by atoms with van der Waals surface area (Å²) in [7, 11) is 2.05. The minimum absolute atomic E-state index is 0.629. The monoisotopic (exact) mass is 278 g/mol. The van der Waals surface area contributed by atoms with Gasteiger partial charge in [0.05, 0.1) is 0 Å². The number of fused-ring (bicyclic) bond motifs is 3. The van der Waals surface area contributed by atoms with Gasteiger partial charge >= 0.3 is 0 Å². The standard InChI is InChI=1S/C13H15BrN2/c1-15-9-3-5-11-10-4-2-8(14)6-12(10)16-13(11)7-9/h2,4,6,9,15-16H,3,5,7H2,1H3. The van der Waals surface area contributed by atoms with E-state index in [0.717, 1.165) is 10.9 Å². The average molecular weight is 279 g/mol. The van der Waals surface area contributed by atoms with Crippen LogP contribution >= 0.6 is 15.9 Å². The van der Waals surface area contributed by atoms with E-state index in [1.54, 1.807) is 0 Å². The molecule has 0 aliphatic heterocycles. The van der Waals surface area contributed by atoms with E-state index >= 15 is 0 Å². The van der Waals surface area contributed by atoms with Crippen molar-refractivity contribution in [3.63, 3.8) is 0 Å². The first-order valence-corrected chi connectivity index (χ1v) is 6.53. The molecule has 2 aromatic rings. The molecular formula is C13H15BrN2. The smallest absolute Gasteiger partial charge is 0.0470 e. The summed E-state index contributed by atoms with van der Waals surface area (Å²) < 4.78 is 1.14. The summed E-state index contributed by atoms with van der Waals surface area (Å²) >= 11 is 3.52. The molecule has 84 valence electrons. The predicted octanol–water partition coefficient (Wildman–Crippen LogP) is 3.01. The van der Waals surface area contributed by atoms with Crippen LogP contribution in [0.1, 0.15) is 17.7 Å². The third-order valence-corrected chi connectivity index (χ3v) is 4.05. The van der Waals surface area contributed by atoms with Gasteiger partial charge in [-0.05, 0) is 37.6 Å². The van der Waals surface area contributed by atoms with Crippen LogP contribution in [-0.2, 0) is 12.8 Å². The molecule has 0 saturated carbocycles. The first-order valence-electron chi connectivity index (χ1n) is 5.74. The third kappa shape index (κ3) is 1.59. The fraction of sp³-hybridized carbons (Fsp3) is 0.385. The Morgan fingerprint density at radius 1 is 1.44 bits per heavy atom. The van der Waals surface area contributed by atoms with E-state index in [1.165, 1.54) is 35.0 Å². The van der Waals surface area contributed by atoms with E-state index in [2.05, 4.69) is 51.5 Å². The van der Waals surface area contributed by atoms with Crippen molar-refractivity contribution < 1.29 is 0 Å². The molecule has 3 heteroatoms. The summed E-state index contributed by atoms with van der Waals surface area (Å²) in [5.41, 5.74) is 4.20. The number of benzene rings is 1. The van der Waals surface area contributed by atoms with E-state index in [4.69, 9.17) is 0 Å². The molecule has 0 spiro atoms. The highest BCUT2D eigenvalue weighted by molar-refractivity contribution is 9.10. The summed E-state index contributed by atoms with van der Waals surface area (Å²) in [4.78, 5) is 3.55. The summed E-state index contributed by atoms with van der Waals surface area (Å²) in [6, 6.07) is 7.14. The minimum atomic E-state index is 0.629. The summed E-state index contributed by atoms with van der Waals surface area (Å²) in [5.74, 6) is 0. The number of halogens is 1. The highest BCUT2D eigenvalue weighted by Gasteiger charge is 2.20. The Morgan fingerprint density at radius 3 is 3.12 bits per heavy atom. The lowest BCUT2D eigenvalue weighted by Gasteiger charge is -2.21. The Hall–Kier alpha value is -0.800. The zero-order valence-electron chi connectivity index (χ0n) is 9.31. The number of hydrogen-bond donors (Lipinski definition) is 2. The van der Waals surface area contributed by atoms with Crippen LogP contribution in [0.2, 0.25) is 0 Å². The van der Waals surface area contributed by atoms with Crippen molar-refractivity contribution in [1.29, 1.82) is 0 Å². The van der Waals surface area contributed by atoms with Crippen LogP contribution in [0.3, 0.4) is 0 Å². The Bertz CT molecular complexity index is 530. The van der Waals surface area contributed by atoms with E-state index in [1.807, 2.05) is 0 Å². The van der Waals surface area contributed by atoms with Crippen molar-refractivity contribution >= 4 is 26.8 Å². The average Bonchev–Trinajstić information content (AvgIpc) is 2.64. The van der Waals surface area contributed by atoms with Gasteiger partial charge < -0.3 is 10.3 Å². The molecule has 1 aromatic carbocycles. The Balaban J connectivity index is 2.12. The van der Waals surface area contributed by atoms with Crippen LogP contribution in [-0.4, -0.2) is 18.1 Å². The highest BCUT2D eigenvalue weighted by atomic mass is 79.9. The molecule has 1 unspecified atom stereocenters. The lowest BCUT2D eigenvalue weighted by molar-refractivity contribution is 0.493. The number of H-pyrrole nitrogens is 1. The Labute approximate surface area is 104 Å². The Kier molecular flexibility index (Phi) is 2.52. The van der Waals surface area contributed by atoms with Crippen molar-refractivity contribution in [2.75, 3.05) is 7.05 Å². The zero-order valence-corrected chi connectivity index (χ0v) is 10.9. The molecule has 0 fully saturated rings. The first kappa shape index (κ1) is 10.4. The van der Waals surface area contributed by atoms with Crippen molar-refractivity contribution in [3.05, 3.63) is 33.9 Å². The normalized spacial score (nSPS) is 20.0. The van der Waals surface area contributed by atoms with Gasteiger partial charge in [-0.15, -0.1) is 0 Å². The number of aromatic nitrogens is 1. The second-order valence-corrected chi connectivity index (χ2v) is 5.42. The van der Waals surface area contributed by atoms with Crippen LogP contribution in [0.4, 0.5) is 0 Å². The molecule has 3 rings (SSSR count). The third-order valence-electron chi connectivity index (χ3n) is 3.56. The number of nitrogens with one attached hydrogen (secondary N) is 2. The van der Waals surface area contributed by atoms with E-state index in [9.17, 15) is 0 Å². The van der Waals surface area contributed by atoms with Gasteiger partial charge in [-0.25, -0.2) is 0 Å². The van der Waals surface area contributed by atoms with Crippen LogP contribution in [0.5, 0.6) is 0 Å². The van der Waals surface area contributed by atoms with Crippen LogP contribution in [0.25, 0.3) is 10.9 Å². The van der Waals surface area contributed by atoms with E-state index in [0.29, 0.717) is 6.04 Å².